The highest BCUT2D eigenvalue weighted by Gasteiger charge is 2.03. The van der Waals surface area contributed by atoms with Crippen molar-refractivity contribution in [3.05, 3.63) is 46.7 Å². The third-order valence-corrected chi connectivity index (χ3v) is 3.13. The lowest BCUT2D eigenvalue weighted by molar-refractivity contribution is -0.137. The summed E-state index contributed by atoms with van der Waals surface area (Å²) in [7, 11) is 0. The van der Waals surface area contributed by atoms with Crippen LogP contribution in [0.25, 0.3) is 0 Å². The number of hydrogen-bond acceptors (Lipinski definition) is 3. The molecule has 0 aliphatic heterocycles. The molecule has 20 heavy (non-hydrogen) atoms. The minimum Gasteiger partial charge on any atom is -0.481 e. The van der Waals surface area contributed by atoms with Crippen molar-refractivity contribution in [2.45, 2.75) is 32.2 Å². The van der Waals surface area contributed by atoms with Gasteiger partial charge in [0.1, 0.15) is 0 Å². The molecule has 1 aromatic carbocycles. The molecule has 0 bridgehead atoms. The predicted octanol–water partition coefficient (Wildman–Crippen LogP) is 2.78. The van der Waals surface area contributed by atoms with Gasteiger partial charge in [-0.05, 0) is 37.0 Å². The molecule has 0 aliphatic rings. The highest BCUT2D eigenvalue weighted by molar-refractivity contribution is 6.30. The Morgan fingerprint density at radius 2 is 2.20 bits per heavy atom. The van der Waals surface area contributed by atoms with Gasteiger partial charge in [-0.3, -0.25) is 4.79 Å². The fraction of sp³-hybridized carbons (Fsp3) is 0.357. The zero-order valence-corrected chi connectivity index (χ0v) is 11.8. The van der Waals surface area contributed by atoms with Crippen molar-refractivity contribution in [1.82, 2.24) is 15.0 Å². The van der Waals surface area contributed by atoms with Crippen LogP contribution in [0.15, 0.2) is 30.5 Å². The number of benzene rings is 1. The van der Waals surface area contributed by atoms with Crippen LogP contribution in [-0.2, 0) is 17.8 Å². The second-order valence-electron chi connectivity index (χ2n) is 4.64. The molecule has 5 nitrogen and oxygen atoms in total. The van der Waals surface area contributed by atoms with E-state index < -0.39 is 5.97 Å². The summed E-state index contributed by atoms with van der Waals surface area (Å²) >= 11 is 5.93. The Kier molecular flexibility index (Phi) is 5.12. The molecule has 0 aliphatic carbocycles. The average molecular weight is 294 g/mol. The summed E-state index contributed by atoms with van der Waals surface area (Å²) in [4.78, 5) is 10.4. The third-order valence-electron chi connectivity index (χ3n) is 2.89. The molecule has 0 saturated carbocycles. The zero-order valence-electron chi connectivity index (χ0n) is 11.0. The van der Waals surface area contributed by atoms with Gasteiger partial charge in [-0.15, -0.1) is 5.10 Å². The minimum atomic E-state index is -0.755. The molecule has 0 radical (unpaired) electrons. The van der Waals surface area contributed by atoms with E-state index in [1.165, 1.54) is 0 Å². The van der Waals surface area contributed by atoms with Crippen molar-refractivity contribution >= 4 is 17.6 Å². The topological polar surface area (TPSA) is 68.0 Å². The van der Waals surface area contributed by atoms with Gasteiger partial charge in [0.15, 0.2) is 0 Å². The Hall–Kier alpha value is -1.88. The highest BCUT2D eigenvalue weighted by Crippen LogP contribution is 2.12. The van der Waals surface area contributed by atoms with E-state index in [2.05, 4.69) is 10.3 Å². The van der Waals surface area contributed by atoms with Gasteiger partial charge in [0.25, 0.3) is 0 Å². The first-order valence-corrected chi connectivity index (χ1v) is 6.86. The van der Waals surface area contributed by atoms with Gasteiger partial charge in [0.05, 0.1) is 12.2 Å². The highest BCUT2D eigenvalue weighted by atomic mass is 35.5. The minimum absolute atomic E-state index is 0.205. The van der Waals surface area contributed by atoms with Crippen LogP contribution in [0, 0.1) is 0 Å². The van der Waals surface area contributed by atoms with Crippen LogP contribution in [0.3, 0.4) is 0 Å². The maximum atomic E-state index is 10.4. The molecule has 0 unspecified atom stereocenters. The van der Waals surface area contributed by atoms with Gasteiger partial charge >= 0.3 is 5.97 Å². The van der Waals surface area contributed by atoms with Gasteiger partial charge in [-0.25, -0.2) is 4.68 Å². The molecule has 0 spiro atoms. The summed E-state index contributed by atoms with van der Waals surface area (Å²) in [5, 5.41) is 17.4. The van der Waals surface area contributed by atoms with Gasteiger partial charge in [0, 0.05) is 17.6 Å². The number of carboxylic acids is 1. The fourth-order valence-electron chi connectivity index (χ4n) is 1.94. The van der Waals surface area contributed by atoms with Crippen LogP contribution in [-0.4, -0.2) is 26.1 Å². The lowest BCUT2D eigenvalue weighted by Gasteiger charge is -2.00. The van der Waals surface area contributed by atoms with Crippen molar-refractivity contribution in [2.75, 3.05) is 0 Å². The number of hydrogen-bond donors (Lipinski definition) is 1. The maximum Gasteiger partial charge on any atom is 0.303 e. The Morgan fingerprint density at radius 3 is 2.95 bits per heavy atom. The van der Waals surface area contributed by atoms with Crippen LogP contribution < -0.4 is 0 Å². The average Bonchev–Trinajstić information content (AvgIpc) is 2.82. The zero-order chi connectivity index (χ0) is 14.4. The van der Waals surface area contributed by atoms with Crippen LogP contribution >= 0.6 is 11.6 Å². The molecule has 6 heteroatoms. The number of aryl methyl sites for hydroxylation is 1. The van der Waals surface area contributed by atoms with Crippen LogP contribution in [0.1, 0.15) is 30.5 Å². The predicted molar refractivity (Wildman–Crippen MR) is 75.8 cm³/mol. The molecule has 0 fully saturated rings. The lowest BCUT2D eigenvalue weighted by atomic mass is 10.1. The van der Waals surface area contributed by atoms with E-state index in [4.69, 9.17) is 16.7 Å². The van der Waals surface area contributed by atoms with Gasteiger partial charge < -0.3 is 5.11 Å². The Morgan fingerprint density at radius 1 is 1.35 bits per heavy atom. The summed E-state index contributed by atoms with van der Waals surface area (Å²) in [5.74, 6) is -0.755. The van der Waals surface area contributed by atoms with Gasteiger partial charge in [-0.1, -0.05) is 28.9 Å². The number of carbonyl (C=O) groups is 1. The molecule has 2 rings (SSSR count). The summed E-state index contributed by atoms with van der Waals surface area (Å²) in [5.41, 5.74) is 1.96. The quantitative estimate of drug-likeness (QED) is 0.797. The molecule has 2 aromatic rings. The maximum absolute atomic E-state index is 10.4. The number of aromatic nitrogens is 3. The smallest absolute Gasteiger partial charge is 0.303 e. The molecular weight excluding hydrogens is 278 g/mol. The second-order valence-corrected chi connectivity index (χ2v) is 5.07. The molecule has 1 heterocycles. The van der Waals surface area contributed by atoms with Crippen molar-refractivity contribution in [3.63, 3.8) is 0 Å². The first-order valence-electron chi connectivity index (χ1n) is 6.49. The van der Waals surface area contributed by atoms with E-state index in [0.717, 1.165) is 24.1 Å². The SMILES string of the molecule is O=C(O)CCCCc1cn(Cc2cccc(Cl)c2)nn1. The first-order chi connectivity index (χ1) is 9.63. The number of nitrogens with zero attached hydrogens (tertiary/aromatic N) is 3. The summed E-state index contributed by atoms with van der Waals surface area (Å²) in [6.07, 6.45) is 4.32. The molecule has 0 saturated heterocycles. The lowest BCUT2D eigenvalue weighted by Crippen LogP contribution is -2.00. The summed E-state index contributed by atoms with van der Waals surface area (Å²) in [6.45, 7) is 0.628. The molecule has 0 amide bonds. The largest absolute Gasteiger partial charge is 0.481 e. The number of halogens is 1. The second kappa shape index (κ2) is 7.05. The molecule has 106 valence electrons. The third kappa shape index (κ3) is 4.66. The fourth-order valence-corrected chi connectivity index (χ4v) is 2.15. The van der Waals surface area contributed by atoms with E-state index in [1.54, 1.807) is 4.68 Å². The van der Waals surface area contributed by atoms with Gasteiger partial charge in [-0.2, -0.15) is 0 Å². The van der Waals surface area contributed by atoms with Crippen LogP contribution in [0.4, 0.5) is 0 Å². The van der Waals surface area contributed by atoms with Crippen LogP contribution in [0.5, 0.6) is 0 Å². The number of carboxylic acid groups (broad SMARTS) is 1. The Bertz CT molecular complexity index is 583. The first kappa shape index (κ1) is 14.5. The monoisotopic (exact) mass is 293 g/mol. The van der Waals surface area contributed by atoms with Crippen molar-refractivity contribution in [3.8, 4) is 0 Å². The van der Waals surface area contributed by atoms with Crippen molar-refractivity contribution in [1.29, 1.82) is 0 Å². The van der Waals surface area contributed by atoms with E-state index in [0.29, 0.717) is 18.0 Å². The van der Waals surface area contributed by atoms with E-state index in [1.807, 2.05) is 30.5 Å². The van der Waals surface area contributed by atoms with Crippen molar-refractivity contribution in [2.24, 2.45) is 0 Å². The molecule has 1 aromatic heterocycles. The Balaban J connectivity index is 1.84. The summed E-state index contributed by atoms with van der Waals surface area (Å²) < 4.78 is 1.76. The van der Waals surface area contributed by atoms with Crippen LogP contribution in [0.2, 0.25) is 5.02 Å². The standard InChI is InChI=1S/C14H16ClN3O2/c15-12-5-3-4-11(8-12)9-18-10-13(16-17-18)6-1-2-7-14(19)20/h3-5,8,10H,1-2,6-7,9H2,(H,19,20). The van der Waals surface area contributed by atoms with E-state index in [-0.39, 0.29) is 6.42 Å². The molecule has 1 N–H and O–H groups in total. The molecular formula is C14H16ClN3O2. The van der Waals surface area contributed by atoms with Crippen molar-refractivity contribution < 1.29 is 9.90 Å². The number of aliphatic carboxylic acids is 1. The van der Waals surface area contributed by atoms with E-state index >= 15 is 0 Å². The van der Waals surface area contributed by atoms with E-state index in [9.17, 15) is 4.79 Å². The normalized spacial score (nSPS) is 10.7. The number of rotatable bonds is 7. The summed E-state index contributed by atoms with van der Waals surface area (Å²) in [6, 6.07) is 7.62. The molecule has 0 atom stereocenters. The Labute approximate surface area is 122 Å². The number of unbranched alkanes of at least 4 members (excludes halogenated alkanes) is 1. The van der Waals surface area contributed by atoms with Gasteiger partial charge in [0.2, 0.25) is 0 Å².